The summed E-state index contributed by atoms with van der Waals surface area (Å²) in [4.78, 5) is 15.0. The van der Waals surface area contributed by atoms with Gasteiger partial charge in [-0.2, -0.15) is 0 Å². The van der Waals surface area contributed by atoms with Crippen molar-refractivity contribution in [3.05, 3.63) is 33.9 Å². The molecule has 0 radical (unpaired) electrons. The van der Waals surface area contributed by atoms with Crippen molar-refractivity contribution < 1.29 is 9.66 Å². The quantitative estimate of drug-likeness (QED) is 0.604. The lowest BCUT2D eigenvalue weighted by Crippen LogP contribution is -2.45. The van der Waals surface area contributed by atoms with Gasteiger partial charge in [-0.25, -0.2) is 0 Å². The summed E-state index contributed by atoms with van der Waals surface area (Å²) >= 11 is 0. The second-order valence-corrected chi connectivity index (χ2v) is 5.20. The van der Waals surface area contributed by atoms with Crippen molar-refractivity contribution in [1.82, 2.24) is 9.80 Å². The van der Waals surface area contributed by atoms with E-state index >= 15 is 0 Å². The summed E-state index contributed by atoms with van der Waals surface area (Å²) < 4.78 is 5.70. The van der Waals surface area contributed by atoms with Crippen LogP contribution in [0.25, 0.3) is 0 Å². The first kappa shape index (κ1) is 14.7. The van der Waals surface area contributed by atoms with Crippen LogP contribution in [0, 0.1) is 17.0 Å². The molecule has 6 heteroatoms. The molecule has 0 unspecified atom stereocenters. The number of nitro groups is 1. The number of piperazine rings is 1. The van der Waals surface area contributed by atoms with Crippen molar-refractivity contribution in [1.29, 1.82) is 0 Å². The third-order valence-electron chi connectivity index (χ3n) is 3.64. The zero-order chi connectivity index (χ0) is 14.5. The number of likely N-dealkylation sites (N-methyl/N-ethyl adjacent to an activating group) is 1. The van der Waals surface area contributed by atoms with Gasteiger partial charge in [0.05, 0.1) is 11.0 Å². The Kier molecular flexibility index (Phi) is 4.92. The first-order chi connectivity index (χ1) is 9.56. The smallest absolute Gasteiger partial charge is 0.273 e. The van der Waals surface area contributed by atoms with E-state index in [0.29, 0.717) is 12.4 Å². The molecule has 0 spiro atoms. The van der Waals surface area contributed by atoms with Gasteiger partial charge in [-0.3, -0.25) is 15.0 Å². The van der Waals surface area contributed by atoms with Crippen LogP contribution in [0.2, 0.25) is 0 Å². The van der Waals surface area contributed by atoms with Crippen LogP contribution >= 0.6 is 0 Å². The SMILES string of the molecule is Cc1ccc([N+](=O)[O-])cc1OCCN1CCN(C)CC1. The van der Waals surface area contributed by atoms with Gasteiger partial charge in [0.25, 0.3) is 5.69 Å². The minimum Gasteiger partial charge on any atom is -0.492 e. The highest BCUT2D eigenvalue weighted by atomic mass is 16.6. The number of non-ortho nitro benzene ring substituents is 1. The van der Waals surface area contributed by atoms with Gasteiger partial charge in [-0.15, -0.1) is 0 Å². The average Bonchev–Trinajstić information content (AvgIpc) is 2.43. The molecule has 1 saturated heterocycles. The van der Waals surface area contributed by atoms with Crippen LogP contribution in [-0.2, 0) is 0 Å². The van der Waals surface area contributed by atoms with Crippen LogP contribution in [0.3, 0.4) is 0 Å². The summed E-state index contributed by atoms with van der Waals surface area (Å²) in [6.45, 7) is 7.57. The fourth-order valence-electron chi connectivity index (χ4n) is 2.21. The maximum Gasteiger partial charge on any atom is 0.273 e. The summed E-state index contributed by atoms with van der Waals surface area (Å²) in [5.74, 6) is 0.605. The molecule has 1 aliphatic heterocycles. The zero-order valence-corrected chi connectivity index (χ0v) is 12.0. The van der Waals surface area contributed by atoms with Gasteiger partial charge >= 0.3 is 0 Å². The topological polar surface area (TPSA) is 58.9 Å². The molecule has 0 saturated carbocycles. The molecule has 0 N–H and O–H groups in total. The van der Waals surface area contributed by atoms with Crippen LogP contribution in [0.4, 0.5) is 5.69 Å². The molecule has 20 heavy (non-hydrogen) atoms. The summed E-state index contributed by atoms with van der Waals surface area (Å²) in [5.41, 5.74) is 0.999. The highest BCUT2D eigenvalue weighted by Crippen LogP contribution is 2.23. The first-order valence-electron chi connectivity index (χ1n) is 6.85. The van der Waals surface area contributed by atoms with Gasteiger partial charge in [-0.1, -0.05) is 0 Å². The van der Waals surface area contributed by atoms with Crippen molar-refractivity contribution in [3.8, 4) is 5.75 Å². The normalized spacial score (nSPS) is 17.1. The fourth-order valence-corrected chi connectivity index (χ4v) is 2.21. The lowest BCUT2D eigenvalue weighted by atomic mass is 10.2. The number of rotatable bonds is 5. The van der Waals surface area contributed by atoms with E-state index in [2.05, 4.69) is 16.8 Å². The fraction of sp³-hybridized carbons (Fsp3) is 0.571. The first-order valence-corrected chi connectivity index (χ1v) is 6.85. The van der Waals surface area contributed by atoms with Crippen molar-refractivity contribution in [2.24, 2.45) is 0 Å². The Morgan fingerprint density at radius 2 is 2.00 bits per heavy atom. The van der Waals surface area contributed by atoms with Gasteiger partial charge < -0.3 is 9.64 Å². The average molecular weight is 279 g/mol. The van der Waals surface area contributed by atoms with Crippen LogP contribution in [0.5, 0.6) is 5.75 Å². The molecular formula is C14H21N3O3. The Hall–Kier alpha value is -1.66. The summed E-state index contributed by atoms with van der Waals surface area (Å²) in [6, 6.07) is 4.73. The molecule has 110 valence electrons. The van der Waals surface area contributed by atoms with E-state index < -0.39 is 4.92 Å². The van der Waals surface area contributed by atoms with Crippen molar-refractivity contribution in [3.63, 3.8) is 0 Å². The van der Waals surface area contributed by atoms with Gasteiger partial charge in [0, 0.05) is 38.8 Å². The van der Waals surface area contributed by atoms with Crippen molar-refractivity contribution in [2.45, 2.75) is 6.92 Å². The number of benzene rings is 1. The molecule has 0 aromatic heterocycles. The molecular weight excluding hydrogens is 258 g/mol. The largest absolute Gasteiger partial charge is 0.492 e. The van der Waals surface area contributed by atoms with Crippen molar-refractivity contribution in [2.75, 3.05) is 46.4 Å². The highest BCUT2D eigenvalue weighted by molar-refractivity contribution is 5.43. The van der Waals surface area contributed by atoms with Gasteiger partial charge in [0.2, 0.25) is 0 Å². The predicted octanol–water partition coefficient (Wildman–Crippen LogP) is 1.53. The third-order valence-corrected chi connectivity index (χ3v) is 3.64. The van der Waals surface area contributed by atoms with Crippen molar-refractivity contribution >= 4 is 5.69 Å². The molecule has 1 fully saturated rings. The van der Waals surface area contributed by atoms with Crippen LogP contribution in [-0.4, -0.2) is 61.1 Å². The number of ether oxygens (including phenoxy) is 1. The molecule has 2 rings (SSSR count). The Labute approximate surface area is 119 Å². The molecule has 0 bridgehead atoms. The summed E-state index contributed by atoms with van der Waals surface area (Å²) in [6.07, 6.45) is 0. The minimum absolute atomic E-state index is 0.0743. The molecule has 0 amide bonds. The van der Waals surface area contributed by atoms with Crippen LogP contribution in [0.15, 0.2) is 18.2 Å². The number of nitrogens with zero attached hydrogens (tertiary/aromatic N) is 3. The van der Waals surface area contributed by atoms with Gasteiger partial charge in [0.1, 0.15) is 12.4 Å². The number of nitro benzene ring substituents is 1. The Bertz CT molecular complexity index is 471. The lowest BCUT2D eigenvalue weighted by Gasteiger charge is -2.32. The van der Waals surface area contributed by atoms with Crippen LogP contribution in [0.1, 0.15) is 5.56 Å². The number of hydrogen-bond acceptors (Lipinski definition) is 5. The number of hydrogen-bond donors (Lipinski definition) is 0. The second kappa shape index (κ2) is 6.67. The van der Waals surface area contributed by atoms with E-state index in [-0.39, 0.29) is 5.69 Å². The second-order valence-electron chi connectivity index (χ2n) is 5.20. The molecule has 6 nitrogen and oxygen atoms in total. The van der Waals surface area contributed by atoms with Crippen LogP contribution < -0.4 is 4.74 Å². The Morgan fingerprint density at radius 1 is 1.30 bits per heavy atom. The Morgan fingerprint density at radius 3 is 2.65 bits per heavy atom. The summed E-state index contributed by atoms with van der Waals surface area (Å²) in [7, 11) is 2.13. The molecule has 0 atom stereocenters. The zero-order valence-electron chi connectivity index (χ0n) is 12.0. The van der Waals surface area contributed by atoms with Gasteiger partial charge in [-0.05, 0) is 25.6 Å². The molecule has 1 aromatic rings. The van der Waals surface area contributed by atoms with Gasteiger partial charge in [0.15, 0.2) is 0 Å². The summed E-state index contributed by atoms with van der Waals surface area (Å²) in [5, 5.41) is 10.8. The van der Waals surface area contributed by atoms with E-state index in [1.165, 1.54) is 12.1 Å². The third kappa shape index (κ3) is 3.91. The van der Waals surface area contributed by atoms with E-state index in [0.717, 1.165) is 38.3 Å². The van der Waals surface area contributed by atoms with E-state index in [9.17, 15) is 10.1 Å². The number of aryl methyl sites for hydroxylation is 1. The van der Waals surface area contributed by atoms with E-state index in [1.54, 1.807) is 6.07 Å². The maximum absolute atomic E-state index is 10.8. The molecule has 1 aliphatic rings. The van der Waals surface area contributed by atoms with E-state index in [4.69, 9.17) is 4.74 Å². The minimum atomic E-state index is -0.396. The Balaban J connectivity index is 1.84. The molecule has 1 aromatic carbocycles. The molecule has 0 aliphatic carbocycles. The maximum atomic E-state index is 10.8. The molecule has 1 heterocycles. The van der Waals surface area contributed by atoms with E-state index in [1.807, 2.05) is 6.92 Å². The predicted molar refractivity (Wildman–Crippen MR) is 77.3 cm³/mol. The highest BCUT2D eigenvalue weighted by Gasteiger charge is 2.14. The lowest BCUT2D eigenvalue weighted by molar-refractivity contribution is -0.384. The standard InChI is InChI=1S/C14H21N3O3/c1-12-3-4-13(17(18)19)11-14(12)20-10-9-16-7-5-15(2)6-8-16/h3-4,11H,5-10H2,1-2H3. The monoisotopic (exact) mass is 279 g/mol.